The molecule has 1 saturated carbocycles. The summed E-state index contributed by atoms with van der Waals surface area (Å²) in [6.45, 7) is 2.31. The standard InChI is InChI=1S/C19H28F3N3O2S/c1-3-28(26)15-8-6-7-14(13-15)25-18(23-2)24-11-12-27-17-10-5-4-9-16(17)19(20,21)22/h4-5,9-10,14-15H,3,6-8,11-13H2,1-2H3,(H2,23,24,25). The number of nitrogens with zero attached hydrogens (tertiary/aromatic N) is 1. The van der Waals surface area contributed by atoms with Crippen molar-refractivity contribution in [3.8, 4) is 5.75 Å². The van der Waals surface area contributed by atoms with Gasteiger partial charge in [0.2, 0.25) is 0 Å². The maximum atomic E-state index is 13.0. The van der Waals surface area contributed by atoms with Crippen LogP contribution in [0.15, 0.2) is 29.3 Å². The van der Waals surface area contributed by atoms with E-state index in [0.29, 0.717) is 18.3 Å². The van der Waals surface area contributed by atoms with Crippen molar-refractivity contribution in [3.05, 3.63) is 29.8 Å². The number of guanidine groups is 1. The van der Waals surface area contributed by atoms with E-state index in [-0.39, 0.29) is 23.6 Å². The number of nitrogens with one attached hydrogen (secondary N) is 2. The zero-order valence-electron chi connectivity index (χ0n) is 16.2. The Balaban J connectivity index is 1.80. The first-order valence-electron chi connectivity index (χ1n) is 9.48. The molecule has 0 heterocycles. The summed E-state index contributed by atoms with van der Waals surface area (Å²) in [4.78, 5) is 4.16. The maximum Gasteiger partial charge on any atom is 0.419 e. The van der Waals surface area contributed by atoms with Gasteiger partial charge in [0, 0.05) is 34.9 Å². The maximum absolute atomic E-state index is 13.0. The number of halogens is 3. The Morgan fingerprint density at radius 3 is 2.75 bits per heavy atom. The Kier molecular flexibility index (Phi) is 8.59. The highest BCUT2D eigenvalue weighted by Gasteiger charge is 2.34. The molecule has 2 rings (SSSR count). The zero-order chi connectivity index (χ0) is 20.6. The molecule has 0 aromatic heterocycles. The van der Waals surface area contributed by atoms with Crippen LogP contribution in [0.3, 0.4) is 0 Å². The first-order chi connectivity index (χ1) is 13.3. The van der Waals surface area contributed by atoms with Gasteiger partial charge in [0.25, 0.3) is 0 Å². The van der Waals surface area contributed by atoms with Crippen LogP contribution in [0.1, 0.15) is 38.2 Å². The van der Waals surface area contributed by atoms with Crippen molar-refractivity contribution in [2.24, 2.45) is 4.99 Å². The van der Waals surface area contributed by atoms with E-state index in [2.05, 4.69) is 15.6 Å². The molecule has 3 atom stereocenters. The second kappa shape index (κ2) is 10.7. The third-order valence-corrected chi connectivity index (χ3v) is 6.43. The van der Waals surface area contributed by atoms with E-state index in [4.69, 9.17) is 4.74 Å². The Morgan fingerprint density at radius 1 is 1.32 bits per heavy atom. The predicted octanol–water partition coefficient (Wildman–Crippen LogP) is 3.33. The van der Waals surface area contributed by atoms with Crippen molar-refractivity contribution in [3.63, 3.8) is 0 Å². The van der Waals surface area contributed by atoms with Crippen LogP contribution >= 0.6 is 0 Å². The van der Waals surface area contributed by atoms with Gasteiger partial charge in [-0.25, -0.2) is 0 Å². The monoisotopic (exact) mass is 419 g/mol. The van der Waals surface area contributed by atoms with Crippen LogP contribution in [0.25, 0.3) is 0 Å². The lowest BCUT2D eigenvalue weighted by Gasteiger charge is -2.30. The molecule has 0 spiro atoms. The van der Waals surface area contributed by atoms with Crippen molar-refractivity contribution in [2.75, 3.05) is 26.0 Å². The fourth-order valence-corrected chi connectivity index (χ4v) is 4.64. The van der Waals surface area contributed by atoms with Gasteiger partial charge in [0.15, 0.2) is 5.96 Å². The van der Waals surface area contributed by atoms with E-state index < -0.39 is 22.5 Å². The van der Waals surface area contributed by atoms with Crippen LogP contribution in [-0.4, -0.2) is 47.4 Å². The molecule has 1 aromatic rings. The van der Waals surface area contributed by atoms with E-state index in [1.54, 1.807) is 7.05 Å². The highest BCUT2D eigenvalue weighted by molar-refractivity contribution is 7.85. The Morgan fingerprint density at radius 2 is 2.07 bits per heavy atom. The first-order valence-corrected chi connectivity index (χ1v) is 10.9. The lowest BCUT2D eigenvalue weighted by molar-refractivity contribution is -0.138. The average Bonchev–Trinajstić information content (AvgIpc) is 2.69. The van der Waals surface area contributed by atoms with Crippen LogP contribution < -0.4 is 15.4 Å². The smallest absolute Gasteiger partial charge is 0.419 e. The molecule has 1 fully saturated rings. The molecular formula is C19H28F3N3O2S. The summed E-state index contributed by atoms with van der Waals surface area (Å²) in [7, 11) is 0.838. The summed E-state index contributed by atoms with van der Waals surface area (Å²) in [5.74, 6) is 1.05. The SMILES string of the molecule is CCS(=O)C1CCCC(NC(=NC)NCCOc2ccccc2C(F)(F)F)C1. The zero-order valence-corrected chi connectivity index (χ0v) is 17.0. The van der Waals surface area contributed by atoms with Gasteiger partial charge < -0.3 is 15.4 Å². The minimum Gasteiger partial charge on any atom is -0.491 e. The van der Waals surface area contributed by atoms with E-state index in [1.807, 2.05) is 6.92 Å². The van der Waals surface area contributed by atoms with Crippen molar-refractivity contribution in [1.82, 2.24) is 10.6 Å². The highest BCUT2D eigenvalue weighted by Crippen LogP contribution is 2.35. The fraction of sp³-hybridized carbons (Fsp3) is 0.632. The lowest BCUT2D eigenvalue weighted by atomic mass is 9.95. The minimum atomic E-state index is -4.45. The van der Waals surface area contributed by atoms with Crippen LogP contribution in [-0.2, 0) is 17.0 Å². The molecule has 0 saturated heterocycles. The van der Waals surface area contributed by atoms with E-state index in [1.165, 1.54) is 18.2 Å². The predicted molar refractivity (Wildman–Crippen MR) is 106 cm³/mol. The largest absolute Gasteiger partial charge is 0.491 e. The summed E-state index contributed by atoms with van der Waals surface area (Å²) in [6.07, 6.45) is -0.637. The van der Waals surface area contributed by atoms with E-state index in [0.717, 1.165) is 31.7 Å². The summed E-state index contributed by atoms with van der Waals surface area (Å²) in [5, 5.41) is 6.58. The lowest BCUT2D eigenvalue weighted by Crippen LogP contribution is -2.47. The summed E-state index contributed by atoms with van der Waals surface area (Å²) >= 11 is 0. The van der Waals surface area contributed by atoms with Crippen LogP contribution in [0.4, 0.5) is 13.2 Å². The highest BCUT2D eigenvalue weighted by atomic mass is 32.2. The van der Waals surface area contributed by atoms with Gasteiger partial charge in [-0.3, -0.25) is 9.20 Å². The van der Waals surface area contributed by atoms with E-state index >= 15 is 0 Å². The molecule has 0 bridgehead atoms. The number of ether oxygens (including phenoxy) is 1. The van der Waals surface area contributed by atoms with Crippen LogP contribution in [0, 0.1) is 0 Å². The Hall–Kier alpha value is -1.77. The molecule has 3 unspecified atom stereocenters. The van der Waals surface area contributed by atoms with Gasteiger partial charge in [0.1, 0.15) is 12.4 Å². The molecule has 28 heavy (non-hydrogen) atoms. The fourth-order valence-electron chi connectivity index (χ4n) is 3.30. The first kappa shape index (κ1) is 22.5. The Bertz CT molecular complexity index is 683. The molecule has 9 heteroatoms. The van der Waals surface area contributed by atoms with Crippen molar-refractivity contribution >= 4 is 16.8 Å². The minimum absolute atomic E-state index is 0.0704. The molecule has 0 radical (unpaired) electrons. The van der Waals surface area contributed by atoms with Crippen molar-refractivity contribution in [1.29, 1.82) is 0 Å². The molecular weight excluding hydrogens is 391 g/mol. The molecule has 0 amide bonds. The van der Waals surface area contributed by atoms with E-state index in [9.17, 15) is 17.4 Å². The molecule has 0 aliphatic heterocycles. The number of aliphatic imine (C=N–C) groups is 1. The van der Waals surface area contributed by atoms with Crippen molar-refractivity contribution < 1.29 is 22.1 Å². The third kappa shape index (κ3) is 6.68. The van der Waals surface area contributed by atoms with Gasteiger partial charge >= 0.3 is 6.18 Å². The number of benzene rings is 1. The molecule has 1 aromatic carbocycles. The van der Waals surface area contributed by atoms with Gasteiger partial charge in [-0.05, 0) is 31.4 Å². The molecule has 5 nitrogen and oxygen atoms in total. The summed E-state index contributed by atoms with van der Waals surface area (Å²) in [5.41, 5.74) is -0.783. The normalized spacial score (nSPS) is 21.8. The Labute approximate surface area is 166 Å². The number of alkyl halides is 3. The molecule has 1 aliphatic rings. The topological polar surface area (TPSA) is 62.7 Å². The molecule has 158 valence electrons. The number of hydrogen-bond donors (Lipinski definition) is 2. The molecule has 1 aliphatic carbocycles. The summed E-state index contributed by atoms with van der Waals surface area (Å²) in [6, 6.07) is 5.35. The van der Waals surface area contributed by atoms with Gasteiger partial charge in [-0.2, -0.15) is 13.2 Å². The molecule has 2 N–H and O–H groups in total. The van der Waals surface area contributed by atoms with Crippen molar-refractivity contribution in [2.45, 2.75) is 50.1 Å². The quantitative estimate of drug-likeness (QED) is 0.404. The van der Waals surface area contributed by atoms with Crippen LogP contribution in [0.5, 0.6) is 5.75 Å². The number of para-hydroxylation sites is 1. The second-order valence-electron chi connectivity index (χ2n) is 6.64. The van der Waals surface area contributed by atoms with Gasteiger partial charge in [0.05, 0.1) is 12.1 Å². The van der Waals surface area contributed by atoms with Gasteiger partial charge in [-0.15, -0.1) is 0 Å². The third-order valence-electron chi connectivity index (χ3n) is 4.69. The number of rotatable bonds is 7. The average molecular weight is 420 g/mol. The van der Waals surface area contributed by atoms with Crippen LogP contribution in [0.2, 0.25) is 0 Å². The second-order valence-corrected chi connectivity index (χ2v) is 8.65. The summed E-state index contributed by atoms with van der Waals surface area (Å²) < 4.78 is 56.3. The number of hydrogen-bond acceptors (Lipinski definition) is 3. The van der Waals surface area contributed by atoms with Gasteiger partial charge in [-0.1, -0.05) is 25.5 Å².